The zero-order valence-electron chi connectivity index (χ0n) is 14.5. The molecule has 1 aromatic carbocycles. The van der Waals surface area contributed by atoms with Gasteiger partial charge in [0.15, 0.2) is 0 Å². The van der Waals surface area contributed by atoms with Crippen LogP contribution in [0.1, 0.15) is 45.3 Å². The Morgan fingerprint density at radius 2 is 2.00 bits per heavy atom. The number of hydrogen-bond donors (Lipinski definition) is 4. The minimum Gasteiger partial charge on any atom is -0.481 e. The molecule has 0 saturated heterocycles. The summed E-state index contributed by atoms with van der Waals surface area (Å²) in [6, 6.07) is 7.09. The average Bonchev–Trinajstić information content (AvgIpc) is 2.56. The summed E-state index contributed by atoms with van der Waals surface area (Å²) in [5.41, 5.74) is 1.20. The van der Waals surface area contributed by atoms with Crippen molar-refractivity contribution in [2.45, 2.75) is 39.7 Å². The summed E-state index contributed by atoms with van der Waals surface area (Å²) in [5, 5.41) is 32.0. The van der Waals surface area contributed by atoms with Gasteiger partial charge in [-0.05, 0) is 56.0 Å². The lowest BCUT2D eigenvalue weighted by atomic mass is 9.73. The van der Waals surface area contributed by atoms with Crippen molar-refractivity contribution in [2.75, 3.05) is 5.32 Å². The van der Waals surface area contributed by atoms with Crippen molar-refractivity contribution < 1.29 is 24.9 Å². The number of anilines is 1. The molecule has 1 aromatic rings. The van der Waals surface area contributed by atoms with E-state index in [1.165, 1.54) is 0 Å². The molecule has 0 spiro atoms. The van der Waals surface area contributed by atoms with Gasteiger partial charge in [0.05, 0.1) is 11.5 Å². The van der Waals surface area contributed by atoms with Crippen LogP contribution in [0, 0.1) is 5.41 Å². The van der Waals surface area contributed by atoms with Gasteiger partial charge in [-0.3, -0.25) is 4.79 Å². The van der Waals surface area contributed by atoms with E-state index in [2.05, 4.69) is 5.32 Å². The highest BCUT2D eigenvalue weighted by Crippen LogP contribution is 2.41. The smallest absolute Gasteiger partial charge is 0.331 e. The molecule has 1 aliphatic rings. The van der Waals surface area contributed by atoms with Gasteiger partial charge in [0.25, 0.3) is 0 Å². The number of nitrogens with one attached hydrogen (secondary N) is 1. The normalized spacial score (nSPS) is 21.5. The van der Waals surface area contributed by atoms with Gasteiger partial charge in [-0.15, -0.1) is 0 Å². The number of allylic oxidation sites excluding steroid dienone is 1. The first kappa shape index (κ1) is 18.7. The van der Waals surface area contributed by atoms with Gasteiger partial charge in [-0.1, -0.05) is 19.1 Å². The zero-order valence-corrected chi connectivity index (χ0v) is 14.5. The molecule has 4 N–H and O–H groups in total. The number of carboxylic acid groups (broad SMARTS) is 2. The fourth-order valence-electron chi connectivity index (χ4n) is 2.96. The largest absolute Gasteiger partial charge is 0.481 e. The molecule has 6 heteroatoms. The predicted octanol–water partition coefficient (Wildman–Crippen LogP) is 3.32. The maximum absolute atomic E-state index is 11.8. The third kappa shape index (κ3) is 3.74. The molecule has 6 nitrogen and oxygen atoms in total. The van der Waals surface area contributed by atoms with Gasteiger partial charge in [0.1, 0.15) is 0 Å². The molecule has 134 valence electrons. The van der Waals surface area contributed by atoms with E-state index in [0.29, 0.717) is 22.5 Å². The second-order valence-electron chi connectivity index (χ2n) is 6.38. The highest BCUT2D eigenvalue weighted by atomic mass is 16.4. The third-order valence-corrected chi connectivity index (χ3v) is 4.73. The van der Waals surface area contributed by atoms with Crippen molar-refractivity contribution in [3.8, 4) is 0 Å². The second kappa shape index (κ2) is 7.11. The van der Waals surface area contributed by atoms with E-state index >= 15 is 0 Å². The monoisotopic (exact) mass is 345 g/mol. The summed E-state index contributed by atoms with van der Waals surface area (Å²) < 4.78 is 0. The standard InChI is InChI=1S/C19H23NO5/c1-4-19(18(24)25)9-15(17(22)23)11(2)16(10-19)20-14-7-5-6-13(8-14)12(3)21/h5-8,10,12,20-21H,4,9H2,1-3H3,(H,22,23)(H,24,25). The molecule has 0 aliphatic heterocycles. The Bertz CT molecular complexity index is 763. The van der Waals surface area contributed by atoms with Crippen LogP contribution in [0.25, 0.3) is 0 Å². The molecule has 2 rings (SSSR count). The summed E-state index contributed by atoms with van der Waals surface area (Å²) in [4.78, 5) is 23.4. The Morgan fingerprint density at radius 1 is 1.32 bits per heavy atom. The molecule has 1 aliphatic carbocycles. The highest BCUT2D eigenvalue weighted by Gasteiger charge is 2.41. The van der Waals surface area contributed by atoms with E-state index in [-0.39, 0.29) is 18.4 Å². The number of carbonyl (C=O) groups is 2. The number of hydrogen-bond acceptors (Lipinski definition) is 4. The lowest BCUT2D eigenvalue weighted by Crippen LogP contribution is -2.34. The Kier molecular flexibility index (Phi) is 5.33. The molecular formula is C19H23NO5. The van der Waals surface area contributed by atoms with Crippen molar-refractivity contribution in [1.29, 1.82) is 0 Å². The van der Waals surface area contributed by atoms with Gasteiger partial charge in [0, 0.05) is 17.0 Å². The molecule has 0 saturated carbocycles. The average molecular weight is 345 g/mol. The van der Waals surface area contributed by atoms with Crippen molar-refractivity contribution in [1.82, 2.24) is 0 Å². The molecule has 25 heavy (non-hydrogen) atoms. The molecular weight excluding hydrogens is 322 g/mol. The van der Waals surface area contributed by atoms with E-state index in [9.17, 15) is 24.9 Å². The number of benzene rings is 1. The Morgan fingerprint density at radius 3 is 2.52 bits per heavy atom. The molecule has 2 unspecified atom stereocenters. The van der Waals surface area contributed by atoms with Crippen molar-refractivity contribution in [3.05, 3.63) is 52.7 Å². The van der Waals surface area contributed by atoms with Gasteiger partial charge in [-0.2, -0.15) is 0 Å². The summed E-state index contributed by atoms with van der Waals surface area (Å²) in [5.74, 6) is -2.15. The SMILES string of the molecule is CCC1(C(=O)O)C=C(Nc2cccc(C(C)O)c2)C(C)=C(C(=O)O)C1. The van der Waals surface area contributed by atoms with Crippen LogP contribution in [0.15, 0.2) is 47.2 Å². The summed E-state index contributed by atoms with van der Waals surface area (Å²) in [6.45, 7) is 5.05. The van der Waals surface area contributed by atoms with Crippen molar-refractivity contribution in [2.24, 2.45) is 5.41 Å². The molecule has 0 amide bonds. The lowest BCUT2D eigenvalue weighted by Gasteiger charge is -2.32. The molecule has 0 fully saturated rings. The summed E-state index contributed by atoms with van der Waals surface area (Å²) in [7, 11) is 0. The highest BCUT2D eigenvalue weighted by molar-refractivity contribution is 5.92. The van der Waals surface area contributed by atoms with Crippen LogP contribution >= 0.6 is 0 Å². The number of carboxylic acids is 2. The molecule has 0 bridgehead atoms. The maximum Gasteiger partial charge on any atom is 0.331 e. The first-order valence-electron chi connectivity index (χ1n) is 8.15. The predicted molar refractivity (Wildman–Crippen MR) is 94.1 cm³/mol. The van der Waals surface area contributed by atoms with Crippen LogP contribution in [0.3, 0.4) is 0 Å². The zero-order chi connectivity index (χ0) is 18.8. The van der Waals surface area contributed by atoms with Gasteiger partial charge >= 0.3 is 11.9 Å². The van der Waals surface area contributed by atoms with E-state index in [0.717, 1.165) is 0 Å². The second-order valence-corrected chi connectivity index (χ2v) is 6.38. The Balaban J connectivity index is 2.49. The number of aliphatic hydroxyl groups excluding tert-OH is 1. The van der Waals surface area contributed by atoms with Crippen LogP contribution in [-0.4, -0.2) is 27.3 Å². The quantitative estimate of drug-likeness (QED) is 0.630. The van der Waals surface area contributed by atoms with E-state index in [1.807, 2.05) is 0 Å². The number of rotatable bonds is 6. The molecule has 0 heterocycles. The van der Waals surface area contributed by atoms with Crippen LogP contribution in [-0.2, 0) is 9.59 Å². The van der Waals surface area contributed by atoms with Crippen molar-refractivity contribution >= 4 is 17.6 Å². The summed E-state index contributed by atoms with van der Waals surface area (Å²) in [6.07, 6.45) is 1.21. The van der Waals surface area contributed by atoms with E-state index in [4.69, 9.17) is 0 Å². The Hall–Kier alpha value is -2.60. The Labute approximate surface area is 146 Å². The van der Waals surface area contributed by atoms with E-state index < -0.39 is 23.5 Å². The minimum atomic E-state index is -1.25. The summed E-state index contributed by atoms with van der Waals surface area (Å²) >= 11 is 0. The first-order chi connectivity index (χ1) is 11.7. The van der Waals surface area contributed by atoms with Gasteiger partial charge in [0.2, 0.25) is 0 Å². The fraction of sp³-hybridized carbons (Fsp3) is 0.368. The third-order valence-electron chi connectivity index (χ3n) is 4.73. The molecule has 0 aromatic heterocycles. The van der Waals surface area contributed by atoms with Crippen LogP contribution in [0.4, 0.5) is 5.69 Å². The lowest BCUT2D eigenvalue weighted by molar-refractivity contribution is -0.146. The minimum absolute atomic E-state index is 0.0428. The molecule has 0 radical (unpaired) electrons. The topological polar surface area (TPSA) is 107 Å². The van der Waals surface area contributed by atoms with E-state index in [1.54, 1.807) is 51.1 Å². The molecule has 2 atom stereocenters. The van der Waals surface area contributed by atoms with Crippen LogP contribution in [0.5, 0.6) is 0 Å². The van der Waals surface area contributed by atoms with Gasteiger partial charge < -0.3 is 20.6 Å². The fourth-order valence-corrected chi connectivity index (χ4v) is 2.96. The van der Waals surface area contributed by atoms with Gasteiger partial charge in [-0.25, -0.2) is 4.79 Å². The number of aliphatic hydroxyl groups is 1. The van der Waals surface area contributed by atoms with Crippen LogP contribution in [0.2, 0.25) is 0 Å². The maximum atomic E-state index is 11.8. The van der Waals surface area contributed by atoms with Crippen LogP contribution < -0.4 is 5.32 Å². The van der Waals surface area contributed by atoms with Crippen molar-refractivity contribution in [3.63, 3.8) is 0 Å². The number of aliphatic carboxylic acids is 2. The first-order valence-corrected chi connectivity index (χ1v) is 8.15.